The Balaban J connectivity index is 1.70. The van der Waals surface area contributed by atoms with Crippen LogP contribution in [0.3, 0.4) is 0 Å². The highest BCUT2D eigenvalue weighted by molar-refractivity contribution is 5.95. The van der Waals surface area contributed by atoms with Crippen molar-refractivity contribution < 1.29 is 9.21 Å². The number of hydrogen-bond acceptors (Lipinski definition) is 5. The molecule has 2 heterocycles. The van der Waals surface area contributed by atoms with E-state index in [1.807, 2.05) is 20.0 Å². The molecule has 1 aliphatic rings. The molecule has 2 aromatic heterocycles. The van der Waals surface area contributed by atoms with E-state index in [4.69, 9.17) is 9.40 Å². The number of carbonyl (C=O) groups is 1. The fourth-order valence-corrected chi connectivity index (χ4v) is 3.66. The third kappa shape index (κ3) is 3.89. The summed E-state index contributed by atoms with van der Waals surface area (Å²) < 4.78 is 5.21. The third-order valence-corrected chi connectivity index (χ3v) is 5.36. The first-order valence-electron chi connectivity index (χ1n) is 9.38. The van der Waals surface area contributed by atoms with Crippen molar-refractivity contribution in [3.63, 3.8) is 0 Å². The van der Waals surface area contributed by atoms with Gasteiger partial charge in [-0.1, -0.05) is 19.3 Å². The predicted molar refractivity (Wildman–Crippen MR) is 101 cm³/mol. The summed E-state index contributed by atoms with van der Waals surface area (Å²) in [7, 11) is 2.08. The van der Waals surface area contributed by atoms with Crippen LogP contribution in [0.5, 0.6) is 0 Å². The maximum Gasteiger partial charge on any atom is 0.255 e. The van der Waals surface area contributed by atoms with Crippen LogP contribution in [0, 0.1) is 13.8 Å². The molecule has 140 valence electrons. The molecule has 1 N–H and O–H groups in total. The molecule has 1 amide bonds. The average Bonchev–Trinajstić information content (AvgIpc) is 3.07. The van der Waals surface area contributed by atoms with E-state index < -0.39 is 0 Å². The lowest BCUT2D eigenvalue weighted by Crippen LogP contribution is -2.35. The lowest BCUT2D eigenvalue weighted by atomic mass is 9.95. The molecule has 3 rings (SSSR count). The molecule has 0 aliphatic heterocycles. The van der Waals surface area contributed by atoms with Crippen LogP contribution in [0.4, 0.5) is 5.95 Å². The number of amides is 1. The highest BCUT2D eigenvalue weighted by Gasteiger charge is 2.22. The summed E-state index contributed by atoms with van der Waals surface area (Å²) in [5.74, 6) is 1.24. The van der Waals surface area contributed by atoms with Gasteiger partial charge in [-0.25, -0.2) is 9.97 Å². The number of nitrogens with zero attached hydrogens (tertiary/aromatic N) is 3. The Labute approximate surface area is 155 Å². The Morgan fingerprint density at radius 1 is 1.31 bits per heavy atom. The Bertz CT molecular complexity index is 765. The topological polar surface area (TPSA) is 71.3 Å². The minimum Gasteiger partial charge on any atom is -0.469 e. The molecule has 0 saturated heterocycles. The predicted octanol–water partition coefficient (Wildman–Crippen LogP) is 3.95. The van der Waals surface area contributed by atoms with Gasteiger partial charge in [0.05, 0.1) is 17.9 Å². The zero-order valence-electron chi connectivity index (χ0n) is 16.1. The van der Waals surface area contributed by atoms with Crippen molar-refractivity contribution in [2.75, 3.05) is 11.9 Å². The van der Waals surface area contributed by atoms with Crippen LogP contribution in [0.2, 0.25) is 0 Å². The van der Waals surface area contributed by atoms with E-state index in [9.17, 15) is 4.79 Å². The van der Waals surface area contributed by atoms with Gasteiger partial charge in [0.15, 0.2) is 0 Å². The SMILES string of the molecule is Cc1nc(N(C)C2CCCCC2)ncc1[C@H](C)NC(=O)c1ccoc1C. The first kappa shape index (κ1) is 18.4. The van der Waals surface area contributed by atoms with Gasteiger partial charge >= 0.3 is 0 Å². The first-order chi connectivity index (χ1) is 12.5. The summed E-state index contributed by atoms with van der Waals surface area (Å²) in [6, 6.07) is 2.03. The fraction of sp³-hybridized carbons (Fsp3) is 0.550. The van der Waals surface area contributed by atoms with Gasteiger partial charge in [-0.3, -0.25) is 4.79 Å². The van der Waals surface area contributed by atoms with Crippen molar-refractivity contribution >= 4 is 11.9 Å². The van der Waals surface area contributed by atoms with Crippen LogP contribution < -0.4 is 10.2 Å². The molecule has 2 aromatic rings. The molecular formula is C20H28N4O2. The van der Waals surface area contributed by atoms with Crippen LogP contribution in [0.1, 0.15) is 72.4 Å². The van der Waals surface area contributed by atoms with Crippen LogP contribution in [-0.2, 0) is 0 Å². The number of nitrogens with one attached hydrogen (secondary N) is 1. The van der Waals surface area contributed by atoms with Gasteiger partial charge < -0.3 is 14.6 Å². The second kappa shape index (κ2) is 7.89. The average molecular weight is 356 g/mol. The van der Waals surface area contributed by atoms with Crippen molar-refractivity contribution in [2.24, 2.45) is 0 Å². The van der Waals surface area contributed by atoms with E-state index in [0.29, 0.717) is 17.4 Å². The highest BCUT2D eigenvalue weighted by Crippen LogP contribution is 2.25. The van der Waals surface area contributed by atoms with E-state index in [-0.39, 0.29) is 11.9 Å². The summed E-state index contributed by atoms with van der Waals surface area (Å²) >= 11 is 0. The molecule has 6 nitrogen and oxygen atoms in total. The third-order valence-electron chi connectivity index (χ3n) is 5.36. The van der Waals surface area contributed by atoms with Gasteiger partial charge in [0.25, 0.3) is 5.91 Å². The Morgan fingerprint density at radius 3 is 2.65 bits per heavy atom. The summed E-state index contributed by atoms with van der Waals surface area (Å²) in [4.78, 5) is 23.9. The number of anilines is 1. The van der Waals surface area contributed by atoms with Crippen LogP contribution in [0.15, 0.2) is 22.9 Å². The number of rotatable bonds is 5. The zero-order valence-corrected chi connectivity index (χ0v) is 16.1. The van der Waals surface area contributed by atoms with E-state index in [2.05, 4.69) is 22.2 Å². The van der Waals surface area contributed by atoms with Gasteiger partial charge in [-0.05, 0) is 39.7 Å². The number of furan rings is 1. The van der Waals surface area contributed by atoms with Crippen molar-refractivity contribution in [1.82, 2.24) is 15.3 Å². The highest BCUT2D eigenvalue weighted by atomic mass is 16.3. The van der Waals surface area contributed by atoms with Gasteiger partial charge in [0.1, 0.15) is 5.76 Å². The van der Waals surface area contributed by atoms with Gasteiger partial charge in [-0.15, -0.1) is 0 Å². The smallest absolute Gasteiger partial charge is 0.255 e. The Kier molecular flexibility index (Phi) is 5.59. The zero-order chi connectivity index (χ0) is 18.7. The molecule has 0 unspecified atom stereocenters. The van der Waals surface area contributed by atoms with Crippen LogP contribution in [0.25, 0.3) is 0 Å². The monoisotopic (exact) mass is 356 g/mol. The normalized spacial score (nSPS) is 16.3. The van der Waals surface area contributed by atoms with E-state index in [1.54, 1.807) is 13.0 Å². The van der Waals surface area contributed by atoms with E-state index in [1.165, 1.54) is 38.4 Å². The molecule has 0 spiro atoms. The first-order valence-corrected chi connectivity index (χ1v) is 9.38. The van der Waals surface area contributed by atoms with Crippen molar-refractivity contribution in [3.8, 4) is 0 Å². The molecule has 1 aliphatic carbocycles. The van der Waals surface area contributed by atoms with Gasteiger partial charge in [0, 0.05) is 30.5 Å². The maximum atomic E-state index is 12.4. The summed E-state index contributed by atoms with van der Waals surface area (Å²) in [5, 5.41) is 3.00. The number of aryl methyl sites for hydroxylation is 2. The number of hydrogen-bond donors (Lipinski definition) is 1. The molecule has 26 heavy (non-hydrogen) atoms. The minimum absolute atomic E-state index is 0.147. The molecule has 0 aromatic carbocycles. The largest absolute Gasteiger partial charge is 0.469 e. The van der Waals surface area contributed by atoms with Gasteiger partial charge in [-0.2, -0.15) is 0 Å². The molecule has 0 bridgehead atoms. The van der Waals surface area contributed by atoms with Crippen molar-refractivity contribution in [3.05, 3.63) is 41.1 Å². The second-order valence-corrected chi connectivity index (χ2v) is 7.20. The number of carbonyl (C=O) groups excluding carboxylic acids is 1. The second-order valence-electron chi connectivity index (χ2n) is 7.20. The Hall–Kier alpha value is -2.37. The summed E-state index contributed by atoms with van der Waals surface area (Å²) in [6.07, 6.45) is 9.67. The van der Waals surface area contributed by atoms with Crippen LogP contribution in [-0.4, -0.2) is 29.0 Å². The summed E-state index contributed by atoms with van der Waals surface area (Å²) in [5.41, 5.74) is 2.39. The van der Waals surface area contributed by atoms with E-state index >= 15 is 0 Å². The van der Waals surface area contributed by atoms with Gasteiger partial charge in [0.2, 0.25) is 5.95 Å². The molecular weight excluding hydrogens is 328 g/mol. The molecule has 0 radical (unpaired) electrons. The summed E-state index contributed by atoms with van der Waals surface area (Å²) in [6.45, 7) is 5.70. The van der Waals surface area contributed by atoms with Crippen molar-refractivity contribution in [1.29, 1.82) is 0 Å². The molecule has 6 heteroatoms. The lowest BCUT2D eigenvalue weighted by molar-refractivity contribution is 0.0938. The fourth-order valence-electron chi connectivity index (χ4n) is 3.66. The minimum atomic E-state index is -0.175. The van der Waals surface area contributed by atoms with Crippen LogP contribution >= 0.6 is 0 Å². The van der Waals surface area contributed by atoms with Crippen molar-refractivity contribution in [2.45, 2.75) is 65.0 Å². The molecule has 1 saturated carbocycles. The standard InChI is InChI=1S/C20H28N4O2/c1-13(22-19(25)17-10-11-26-15(17)3)18-12-21-20(23-14(18)2)24(4)16-8-6-5-7-9-16/h10-13,16H,5-9H2,1-4H3,(H,22,25)/t13-/m0/s1. The molecule has 1 fully saturated rings. The number of aromatic nitrogens is 2. The lowest BCUT2D eigenvalue weighted by Gasteiger charge is -2.31. The van der Waals surface area contributed by atoms with E-state index in [0.717, 1.165) is 17.2 Å². The Morgan fingerprint density at radius 2 is 2.04 bits per heavy atom. The molecule has 1 atom stereocenters. The quantitative estimate of drug-likeness (QED) is 0.878. The maximum absolute atomic E-state index is 12.4.